The van der Waals surface area contributed by atoms with E-state index in [9.17, 15) is 14.3 Å². The lowest BCUT2D eigenvalue weighted by Gasteiger charge is -2.24. The van der Waals surface area contributed by atoms with Crippen LogP contribution in [0.5, 0.6) is 0 Å². The molecule has 0 saturated heterocycles. The number of amides is 2. The Morgan fingerprint density at radius 3 is 2.45 bits per heavy atom. The van der Waals surface area contributed by atoms with Crippen molar-refractivity contribution < 1.29 is 14.3 Å². The number of hydrogen-bond donors (Lipinski definition) is 2. The largest absolute Gasteiger partial charge is 0.391 e. The molecule has 4 nitrogen and oxygen atoms in total. The fourth-order valence-electron chi connectivity index (χ4n) is 2.60. The molecule has 22 heavy (non-hydrogen) atoms. The molecular formula is C17H25FN2O2. The summed E-state index contributed by atoms with van der Waals surface area (Å²) in [4.78, 5) is 13.7. The van der Waals surface area contributed by atoms with Crippen LogP contribution in [-0.2, 0) is 0 Å². The van der Waals surface area contributed by atoms with Gasteiger partial charge < -0.3 is 15.3 Å². The molecule has 0 spiro atoms. The zero-order chi connectivity index (χ0) is 16.4. The highest BCUT2D eigenvalue weighted by Gasteiger charge is 2.31. The number of carbonyl (C=O) groups is 1. The van der Waals surface area contributed by atoms with Crippen molar-refractivity contribution in [3.8, 4) is 0 Å². The van der Waals surface area contributed by atoms with Crippen LogP contribution in [0, 0.1) is 25.6 Å². The van der Waals surface area contributed by atoms with E-state index in [0.29, 0.717) is 23.6 Å². The first kappa shape index (κ1) is 16.7. The SMILES string of the molecule is Cc1cc([C@@H](C)NC(=O)N(C)C[C@H](O)C2CC2)cc(C)c1F. The number of aliphatic hydroxyl groups is 1. The van der Waals surface area contributed by atoms with E-state index in [-0.39, 0.29) is 17.9 Å². The molecule has 5 heteroatoms. The predicted molar refractivity (Wildman–Crippen MR) is 84.2 cm³/mol. The highest BCUT2D eigenvalue weighted by Crippen LogP contribution is 2.32. The van der Waals surface area contributed by atoms with E-state index in [2.05, 4.69) is 5.32 Å². The molecule has 1 aliphatic rings. The summed E-state index contributed by atoms with van der Waals surface area (Å²) in [5, 5.41) is 12.8. The van der Waals surface area contributed by atoms with Crippen molar-refractivity contribution in [1.29, 1.82) is 0 Å². The number of rotatable bonds is 5. The van der Waals surface area contributed by atoms with Gasteiger partial charge >= 0.3 is 6.03 Å². The number of carbonyl (C=O) groups excluding carboxylic acids is 1. The van der Waals surface area contributed by atoms with Crippen molar-refractivity contribution >= 4 is 6.03 Å². The Morgan fingerprint density at radius 1 is 1.41 bits per heavy atom. The van der Waals surface area contributed by atoms with Gasteiger partial charge in [0.15, 0.2) is 0 Å². The molecular weight excluding hydrogens is 283 g/mol. The van der Waals surface area contributed by atoms with E-state index < -0.39 is 6.10 Å². The molecule has 1 fully saturated rings. The van der Waals surface area contributed by atoms with Crippen molar-refractivity contribution in [1.82, 2.24) is 10.2 Å². The lowest BCUT2D eigenvalue weighted by molar-refractivity contribution is 0.113. The lowest BCUT2D eigenvalue weighted by Crippen LogP contribution is -2.42. The minimum Gasteiger partial charge on any atom is -0.391 e. The molecule has 0 unspecified atom stereocenters. The minimum atomic E-state index is -0.443. The van der Waals surface area contributed by atoms with Gasteiger partial charge in [-0.25, -0.2) is 9.18 Å². The average molecular weight is 308 g/mol. The summed E-state index contributed by atoms with van der Waals surface area (Å²) >= 11 is 0. The van der Waals surface area contributed by atoms with Crippen LogP contribution in [0.15, 0.2) is 12.1 Å². The first-order valence-corrected chi connectivity index (χ1v) is 7.76. The highest BCUT2D eigenvalue weighted by atomic mass is 19.1. The van der Waals surface area contributed by atoms with Crippen molar-refractivity contribution in [2.24, 2.45) is 5.92 Å². The van der Waals surface area contributed by atoms with Crippen molar-refractivity contribution in [3.05, 3.63) is 34.6 Å². The van der Waals surface area contributed by atoms with E-state index >= 15 is 0 Å². The molecule has 0 aliphatic heterocycles. The number of urea groups is 1. The van der Waals surface area contributed by atoms with Crippen LogP contribution in [0.25, 0.3) is 0 Å². The maximum Gasteiger partial charge on any atom is 0.317 e. The van der Waals surface area contributed by atoms with Crippen LogP contribution in [0.3, 0.4) is 0 Å². The molecule has 0 aromatic heterocycles. The molecule has 2 amide bonds. The second-order valence-electron chi connectivity index (χ2n) is 6.43. The molecule has 1 aliphatic carbocycles. The molecule has 1 aromatic carbocycles. The zero-order valence-electron chi connectivity index (χ0n) is 13.7. The Kier molecular flexibility index (Phi) is 5.06. The average Bonchev–Trinajstić information content (AvgIpc) is 3.28. The molecule has 2 rings (SSSR count). The molecule has 1 saturated carbocycles. The number of likely N-dealkylation sites (N-methyl/N-ethyl adjacent to an activating group) is 1. The smallest absolute Gasteiger partial charge is 0.317 e. The summed E-state index contributed by atoms with van der Waals surface area (Å²) in [5.74, 6) is 0.141. The van der Waals surface area contributed by atoms with Gasteiger partial charge in [0, 0.05) is 13.6 Å². The van der Waals surface area contributed by atoms with Gasteiger partial charge in [0.2, 0.25) is 0 Å². The van der Waals surface area contributed by atoms with Gasteiger partial charge in [-0.1, -0.05) is 12.1 Å². The second kappa shape index (κ2) is 6.65. The molecule has 1 aromatic rings. The fraction of sp³-hybridized carbons (Fsp3) is 0.588. The van der Waals surface area contributed by atoms with E-state index in [4.69, 9.17) is 0 Å². The predicted octanol–water partition coefficient (Wildman–Crippen LogP) is 2.92. The Hall–Kier alpha value is -1.62. The fourth-order valence-corrected chi connectivity index (χ4v) is 2.60. The van der Waals surface area contributed by atoms with E-state index in [1.165, 1.54) is 4.90 Å². The molecule has 2 N–H and O–H groups in total. The third-order valence-corrected chi connectivity index (χ3v) is 4.27. The Labute approximate surface area is 131 Å². The van der Waals surface area contributed by atoms with E-state index in [1.807, 2.05) is 6.92 Å². The summed E-state index contributed by atoms with van der Waals surface area (Å²) in [6.45, 7) is 5.65. The lowest BCUT2D eigenvalue weighted by atomic mass is 10.0. The molecule has 0 heterocycles. The standard InChI is InChI=1S/C17H25FN2O2/c1-10-7-14(8-11(2)16(10)18)12(3)19-17(22)20(4)9-15(21)13-5-6-13/h7-8,12-13,15,21H,5-6,9H2,1-4H3,(H,19,22)/t12-,15+/m1/s1. The number of nitrogens with zero attached hydrogens (tertiary/aromatic N) is 1. The summed E-state index contributed by atoms with van der Waals surface area (Å²) in [5.41, 5.74) is 2.03. The van der Waals surface area contributed by atoms with Crippen LogP contribution in [0.2, 0.25) is 0 Å². The molecule has 2 atom stereocenters. The Morgan fingerprint density at radius 2 is 1.95 bits per heavy atom. The number of aliphatic hydroxyl groups excluding tert-OH is 1. The van der Waals surface area contributed by atoms with E-state index in [0.717, 1.165) is 18.4 Å². The number of hydrogen-bond acceptors (Lipinski definition) is 2. The number of aryl methyl sites for hydroxylation is 2. The third-order valence-electron chi connectivity index (χ3n) is 4.27. The summed E-state index contributed by atoms with van der Waals surface area (Å²) in [6.07, 6.45) is 1.64. The molecule has 122 valence electrons. The van der Waals surface area contributed by atoms with Gasteiger partial charge in [0.25, 0.3) is 0 Å². The quantitative estimate of drug-likeness (QED) is 0.879. The Balaban J connectivity index is 1.95. The normalized spacial score (nSPS) is 17.0. The summed E-state index contributed by atoms with van der Waals surface area (Å²) in [7, 11) is 1.68. The van der Waals surface area contributed by atoms with Gasteiger partial charge in [-0.05, 0) is 56.2 Å². The number of halogens is 1. The van der Waals surface area contributed by atoms with Crippen molar-refractivity contribution in [3.63, 3.8) is 0 Å². The molecule has 0 radical (unpaired) electrons. The van der Waals surface area contributed by atoms with Gasteiger partial charge in [0.1, 0.15) is 5.82 Å². The first-order chi connectivity index (χ1) is 10.3. The maximum absolute atomic E-state index is 13.7. The summed E-state index contributed by atoms with van der Waals surface area (Å²) < 4.78 is 13.7. The van der Waals surface area contributed by atoms with Crippen molar-refractivity contribution in [2.75, 3.05) is 13.6 Å². The van der Waals surface area contributed by atoms with Crippen LogP contribution < -0.4 is 5.32 Å². The maximum atomic E-state index is 13.7. The first-order valence-electron chi connectivity index (χ1n) is 7.76. The van der Waals surface area contributed by atoms with Crippen LogP contribution in [0.1, 0.15) is 42.5 Å². The minimum absolute atomic E-state index is 0.202. The van der Waals surface area contributed by atoms with Crippen LogP contribution >= 0.6 is 0 Å². The molecule has 0 bridgehead atoms. The number of benzene rings is 1. The Bertz CT molecular complexity index is 535. The highest BCUT2D eigenvalue weighted by molar-refractivity contribution is 5.74. The summed E-state index contributed by atoms with van der Waals surface area (Å²) in [6, 6.07) is 3.07. The second-order valence-corrected chi connectivity index (χ2v) is 6.43. The van der Waals surface area contributed by atoms with Gasteiger partial charge in [-0.3, -0.25) is 0 Å². The van der Waals surface area contributed by atoms with Crippen molar-refractivity contribution in [2.45, 2.75) is 45.8 Å². The van der Waals surface area contributed by atoms with Gasteiger partial charge in [0.05, 0.1) is 12.1 Å². The topological polar surface area (TPSA) is 52.6 Å². The van der Waals surface area contributed by atoms with Crippen LogP contribution in [-0.4, -0.2) is 35.7 Å². The monoisotopic (exact) mass is 308 g/mol. The van der Waals surface area contributed by atoms with Gasteiger partial charge in [-0.2, -0.15) is 0 Å². The third kappa shape index (κ3) is 3.97. The van der Waals surface area contributed by atoms with Crippen LogP contribution in [0.4, 0.5) is 9.18 Å². The number of nitrogens with one attached hydrogen (secondary N) is 1. The van der Waals surface area contributed by atoms with Gasteiger partial charge in [-0.15, -0.1) is 0 Å². The zero-order valence-corrected chi connectivity index (χ0v) is 13.7. The van der Waals surface area contributed by atoms with E-state index in [1.54, 1.807) is 33.0 Å².